The van der Waals surface area contributed by atoms with Crippen LogP contribution >= 0.6 is 11.3 Å². The molecule has 2 aromatic carbocycles. The fourth-order valence-corrected chi connectivity index (χ4v) is 4.28. The van der Waals surface area contributed by atoms with E-state index in [9.17, 15) is 9.59 Å². The molecule has 2 heterocycles. The van der Waals surface area contributed by atoms with Gasteiger partial charge >= 0.3 is 5.97 Å². The van der Waals surface area contributed by atoms with Gasteiger partial charge in [0.2, 0.25) is 5.89 Å². The van der Waals surface area contributed by atoms with E-state index in [2.05, 4.69) is 10.3 Å². The standard InChI is InChI=1S/C27H26N2O5S/c1-18-24(29-27(34-18)20-5-3-2-4-6-20)11-13-33-23-9-7-19(8-10-25(30)31)22(15-23)16-28-26(32)21-12-14-35-17-21/h2-7,9,12,14-15,17H,8,10-11,13,16H2,1H3,(H,28,32)(H,30,31). The number of oxazole rings is 1. The molecule has 0 bridgehead atoms. The van der Waals surface area contributed by atoms with Gasteiger partial charge in [0.15, 0.2) is 0 Å². The summed E-state index contributed by atoms with van der Waals surface area (Å²) < 4.78 is 11.8. The topological polar surface area (TPSA) is 102 Å². The van der Waals surface area contributed by atoms with Gasteiger partial charge in [-0.05, 0) is 60.2 Å². The summed E-state index contributed by atoms with van der Waals surface area (Å²) in [5, 5.41) is 15.6. The number of rotatable bonds is 11. The summed E-state index contributed by atoms with van der Waals surface area (Å²) in [4.78, 5) is 28.0. The maximum atomic E-state index is 12.4. The normalized spacial score (nSPS) is 10.8. The highest BCUT2D eigenvalue weighted by atomic mass is 32.1. The molecule has 2 N–H and O–H groups in total. The monoisotopic (exact) mass is 490 g/mol. The van der Waals surface area contributed by atoms with Crippen molar-refractivity contribution in [2.24, 2.45) is 0 Å². The number of carbonyl (C=O) groups is 2. The molecule has 0 saturated heterocycles. The first-order valence-electron chi connectivity index (χ1n) is 11.3. The van der Waals surface area contributed by atoms with Crippen LogP contribution < -0.4 is 10.1 Å². The van der Waals surface area contributed by atoms with E-state index in [1.165, 1.54) is 11.3 Å². The third-order valence-corrected chi connectivity index (χ3v) is 6.21. The van der Waals surface area contributed by atoms with Crippen LogP contribution in [0.15, 0.2) is 69.8 Å². The van der Waals surface area contributed by atoms with E-state index in [-0.39, 0.29) is 18.9 Å². The zero-order chi connectivity index (χ0) is 24.6. The number of hydrogen-bond donors (Lipinski definition) is 2. The Morgan fingerprint density at radius 1 is 1.09 bits per heavy atom. The summed E-state index contributed by atoms with van der Waals surface area (Å²) in [7, 11) is 0. The second-order valence-electron chi connectivity index (χ2n) is 8.01. The molecule has 4 rings (SSSR count). The maximum absolute atomic E-state index is 12.4. The Hall–Kier alpha value is -3.91. The molecule has 2 aromatic heterocycles. The van der Waals surface area contributed by atoms with Crippen LogP contribution in [0, 0.1) is 6.92 Å². The Morgan fingerprint density at radius 2 is 1.91 bits per heavy atom. The number of carboxylic acids is 1. The van der Waals surface area contributed by atoms with Crippen molar-refractivity contribution in [1.82, 2.24) is 10.3 Å². The minimum absolute atomic E-state index is 0.0147. The number of aryl methyl sites for hydroxylation is 2. The van der Waals surface area contributed by atoms with Gasteiger partial charge in [-0.25, -0.2) is 4.98 Å². The van der Waals surface area contributed by atoms with Crippen LogP contribution in [-0.4, -0.2) is 28.6 Å². The van der Waals surface area contributed by atoms with Crippen LogP contribution in [0.25, 0.3) is 11.5 Å². The lowest BCUT2D eigenvalue weighted by atomic mass is 10.0. The highest BCUT2D eigenvalue weighted by Gasteiger charge is 2.13. The second kappa shape index (κ2) is 11.5. The van der Waals surface area contributed by atoms with Crippen LogP contribution in [0.1, 0.15) is 39.4 Å². The molecule has 180 valence electrons. The second-order valence-corrected chi connectivity index (χ2v) is 8.79. The molecule has 0 spiro atoms. The molecule has 4 aromatic rings. The zero-order valence-corrected chi connectivity index (χ0v) is 20.1. The number of benzene rings is 2. The zero-order valence-electron chi connectivity index (χ0n) is 19.3. The lowest BCUT2D eigenvalue weighted by Crippen LogP contribution is -2.23. The van der Waals surface area contributed by atoms with Crippen molar-refractivity contribution in [3.05, 3.63) is 93.5 Å². The molecule has 0 unspecified atom stereocenters. The van der Waals surface area contributed by atoms with Gasteiger partial charge in [0, 0.05) is 35.9 Å². The SMILES string of the molecule is Cc1oc(-c2ccccc2)nc1CCOc1ccc(CCC(=O)O)c(CNC(=O)c2ccsc2)c1. The van der Waals surface area contributed by atoms with Crippen LogP contribution in [0.5, 0.6) is 5.75 Å². The van der Waals surface area contributed by atoms with Gasteiger partial charge in [0.1, 0.15) is 11.5 Å². The fraction of sp³-hybridized carbons (Fsp3) is 0.222. The van der Waals surface area contributed by atoms with E-state index in [4.69, 9.17) is 14.3 Å². The van der Waals surface area contributed by atoms with Gasteiger partial charge in [0.25, 0.3) is 5.91 Å². The molecule has 1 amide bonds. The Morgan fingerprint density at radius 3 is 2.66 bits per heavy atom. The largest absolute Gasteiger partial charge is 0.493 e. The molecule has 0 saturated carbocycles. The molecule has 0 aliphatic rings. The van der Waals surface area contributed by atoms with E-state index in [1.54, 1.807) is 11.4 Å². The van der Waals surface area contributed by atoms with E-state index >= 15 is 0 Å². The number of hydrogen-bond acceptors (Lipinski definition) is 6. The third kappa shape index (κ3) is 6.58. The van der Waals surface area contributed by atoms with Crippen molar-refractivity contribution in [2.45, 2.75) is 32.7 Å². The van der Waals surface area contributed by atoms with Crippen molar-refractivity contribution in [3.63, 3.8) is 0 Å². The molecule has 35 heavy (non-hydrogen) atoms. The lowest BCUT2D eigenvalue weighted by molar-refractivity contribution is -0.136. The number of nitrogens with zero attached hydrogens (tertiary/aromatic N) is 1. The van der Waals surface area contributed by atoms with E-state index in [0.29, 0.717) is 36.7 Å². The summed E-state index contributed by atoms with van der Waals surface area (Å²) in [5.74, 6) is 0.958. The average Bonchev–Trinajstić information content (AvgIpc) is 3.53. The smallest absolute Gasteiger partial charge is 0.303 e. The molecule has 8 heteroatoms. The Bertz CT molecular complexity index is 1280. The Balaban J connectivity index is 1.40. The van der Waals surface area contributed by atoms with Crippen molar-refractivity contribution in [3.8, 4) is 17.2 Å². The Labute approximate surface area is 207 Å². The van der Waals surface area contributed by atoms with Gasteiger partial charge in [0.05, 0.1) is 12.3 Å². The quantitative estimate of drug-likeness (QED) is 0.297. The van der Waals surface area contributed by atoms with E-state index in [1.807, 2.05) is 60.8 Å². The van der Waals surface area contributed by atoms with Crippen LogP contribution in [0.3, 0.4) is 0 Å². The molecule has 0 fully saturated rings. The predicted molar refractivity (Wildman–Crippen MR) is 134 cm³/mol. The van der Waals surface area contributed by atoms with E-state index in [0.717, 1.165) is 28.1 Å². The van der Waals surface area contributed by atoms with Gasteiger partial charge in [-0.1, -0.05) is 24.3 Å². The van der Waals surface area contributed by atoms with Gasteiger partial charge in [-0.3, -0.25) is 9.59 Å². The number of amides is 1. The summed E-state index contributed by atoms with van der Waals surface area (Å²) >= 11 is 1.46. The summed E-state index contributed by atoms with van der Waals surface area (Å²) in [6, 6.07) is 17.0. The average molecular weight is 491 g/mol. The Kier molecular flexibility index (Phi) is 7.95. The number of nitrogens with one attached hydrogen (secondary N) is 1. The number of carboxylic acid groups (broad SMARTS) is 1. The highest BCUT2D eigenvalue weighted by molar-refractivity contribution is 7.08. The highest BCUT2D eigenvalue weighted by Crippen LogP contribution is 2.23. The van der Waals surface area contributed by atoms with Crippen molar-refractivity contribution in [1.29, 1.82) is 0 Å². The number of carbonyl (C=O) groups excluding carboxylic acids is 1. The first-order chi connectivity index (χ1) is 17.0. The van der Waals surface area contributed by atoms with Gasteiger partial charge in [-0.15, -0.1) is 0 Å². The van der Waals surface area contributed by atoms with Crippen LogP contribution in [0.2, 0.25) is 0 Å². The van der Waals surface area contributed by atoms with Crippen molar-refractivity contribution in [2.75, 3.05) is 6.61 Å². The fourth-order valence-electron chi connectivity index (χ4n) is 3.64. The minimum atomic E-state index is -0.864. The van der Waals surface area contributed by atoms with Gasteiger partial charge < -0.3 is 19.6 Å². The summed E-state index contributed by atoms with van der Waals surface area (Å²) in [5.41, 5.74) is 4.06. The summed E-state index contributed by atoms with van der Waals surface area (Å²) in [6.07, 6.45) is 0.966. The van der Waals surface area contributed by atoms with E-state index < -0.39 is 5.97 Å². The predicted octanol–water partition coefficient (Wildman–Crippen LogP) is 5.28. The van der Waals surface area contributed by atoms with Crippen LogP contribution in [0.4, 0.5) is 0 Å². The molecule has 0 aliphatic carbocycles. The number of aliphatic carboxylic acids is 1. The minimum Gasteiger partial charge on any atom is -0.493 e. The molecule has 0 aliphatic heterocycles. The van der Waals surface area contributed by atoms with Crippen molar-refractivity contribution < 1.29 is 23.8 Å². The maximum Gasteiger partial charge on any atom is 0.303 e. The first-order valence-corrected chi connectivity index (χ1v) is 12.2. The summed E-state index contributed by atoms with van der Waals surface area (Å²) in [6.45, 7) is 2.57. The number of ether oxygens (including phenoxy) is 1. The molecule has 0 atom stereocenters. The first kappa shape index (κ1) is 24.2. The van der Waals surface area contributed by atoms with Crippen molar-refractivity contribution >= 4 is 23.2 Å². The van der Waals surface area contributed by atoms with Crippen LogP contribution in [-0.2, 0) is 24.2 Å². The molecular weight excluding hydrogens is 464 g/mol. The third-order valence-electron chi connectivity index (χ3n) is 5.53. The number of aromatic nitrogens is 1. The van der Waals surface area contributed by atoms with Gasteiger partial charge in [-0.2, -0.15) is 11.3 Å². The molecule has 7 nitrogen and oxygen atoms in total. The molecular formula is C27H26N2O5S. The number of thiophene rings is 1. The lowest BCUT2D eigenvalue weighted by Gasteiger charge is -2.13. The molecule has 0 radical (unpaired) electrons.